The molecule has 0 unspecified atom stereocenters. The number of hydrogen-bond donors (Lipinski definition) is 0. The third-order valence-electron chi connectivity index (χ3n) is 2.83. The van der Waals surface area contributed by atoms with Crippen molar-refractivity contribution >= 4 is 33.9 Å². The molecule has 2 aliphatic carbocycles. The van der Waals surface area contributed by atoms with Crippen LogP contribution in [0.15, 0.2) is 36.5 Å². The fourth-order valence-electron chi connectivity index (χ4n) is 1.84. The Morgan fingerprint density at radius 2 is 0.815 bits per heavy atom. The van der Waals surface area contributed by atoms with Gasteiger partial charge in [0.15, 0.2) is 0 Å². The Balaban J connectivity index is -0.0000000547. The minimum atomic E-state index is 0. The van der Waals surface area contributed by atoms with Gasteiger partial charge in [-0.15, -0.1) is 6.08 Å². The molecule has 0 heterocycles. The molecule has 5 nitrogen and oxygen atoms in total. The van der Waals surface area contributed by atoms with Crippen LogP contribution in [0, 0.1) is 6.42 Å². The molecule has 0 spiro atoms. The van der Waals surface area contributed by atoms with Gasteiger partial charge in [0.25, 0.3) is 0 Å². The van der Waals surface area contributed by atoms with Crippen molar-refractivity contribution in [3.63, 3.8) is 0 Å². The van der Waals surface area contributed by atoms with E-state index in [4.69, 9.17) is 24.0 Å². The maximum atomic E-state index is 8.00. The maximum Gasteiger partial charge on any atom is 0.106 e. The smallest absolute Gasteiger partial charge is 0.106 e. The summed E-state index contributed by atoms with van der Waals surface area (Å²) in [4.78, 5) is 40.0. The Labute approximate surface area is 175 Å². The Morgan fingerprint density at radius 3 is 1.19 bits per heavy atom. The van der Waals surface area contributed by atoms with E-state index in [9.17, 15) is 0 Å². The van der Waals surface area contributed by atoms with Gasteiger partial charge < -0.3 is 30.4 Å². The summed E-state index contributed by atoms with van der Waals surface area (Å²) >= 11 is 0. The molecule has 0 saturated heterocycles. The van der Waals surface area contributed by atoms with Gasteiger partial charge in [0.2, 0.25) is 0 Å². The van der Waals surface area contributed by atoms with Crippen LogP contribution in [-0.4, -0.2) is 33.9 Å². The van der Waals surface area contributed by atoms with Crippen LogP contribution in [0.1, 0.15) is 57.8 Å². The predicted octanol–water partition coefficient (Wildman–Crippen LogP) is 4.46. The van der Waals surface area contributed by atoms with Gasteiger partial charge in [0.1, 0.15) is 33.9 Å². The first-order chi connectivity index (χ1) is 13.0. The molecular formula is C21H35CoO5-. The van der Waals surface area contributed by atoms with E-state index in [-0.39, 0.29) is 16.8 Å². The van der Waals surface area contributed by atoms with Crippen LogP contribution in [0.4, 0.5) is 0 Å². The van der Waals surface area contributed by atoms with E-state index in [0.717, 1.165) is 0 Å². The van der Waals surface area contributed by atoms with Crippen molar-refractivity contribution in [1.29, 1.82) is 0 Å². The minimum Gasteiger partial charge on any atom is -0.325 e. The molecule has 0 saturated carbocycles. The third-order valence-corrected chi connectivity index (χ3v) is 2.83. The van der Waals surface area contributed by atoms with Crippen LogP contribution >= 0.6 is 0 Å². The topological polar surface area (TPSA) is 85.3 Å². The molecule has 0 aromatic carbocycles. The van der Waals surface area contributed by atoms with Crippen molar-refractivity contribution in [2.24, 2.45) is 0 Å². The molecule has 0 N–H and O–H groups in total. The van der Waals surface area contributed by atoms with Gasteiger partial charge in [-0.2, -0.15) is 12.8 Å². The van der Waals surface area contributed by atoms with Gasteiger partial charge in [-0.05, 0) is 32.1 Å². The number of carbonyl (C=O) groups is 5. The quantitative estimate of drug-likeness (QED) is 0.422. The summed E-state index contributed by atoms with van der Waals surface area (Å²) in [5.74, 6) is 0. The van der Waals surface area contributed by atoms with Crippen LogP contribution in [0.2, 0.25) is 0 Å². The second kappa shape index (κ2) is 64.7. The molecule has 159 valence electrons. The number of allylic oxidation sites excluding steroid dienone is 6. The van der Waals surface area contributed by atoms with E-state index in [1.807, 2.05) is 33.9 Å². The Kier molecular flexibility index (Phi) is 95.7. The van der Waals surface area contributed by atoms with E-state index >= 15 is 0 Å². The van der Waals surface area contributed by atoms with Crippen molar-refractivity contribution in [3.8, 4) is 0 Å². The summed E-state index contributed by atoms with van der Waals surface area (Å²) in [5.41, 5.74) is 0. The van der Waals surface area contributed by atoms with Gasteiger partial charge in [-0.25, -0.2) is 0 Å². The predicted molar refractivity (Wildman–Crippen MR) is 109 cm³/mol. The Bertz CT molecular complexity index is 257. The van der Waals surface area contributed by atoms with Gasteiger partial charge in [0, 0.05) is 16.8 Å². The van der Waals surface area contributed by atoms with E-state index in [1.165, 1.54) is 57.8 Å². The van der Waals surface area contributed by atoms with Gasteiger partial charge in [-0.3, -0.25) is 0 Å². The summed E-state index contributed by atoms with van der Waals surface area (Å²) in [7, 11) is 0. The summed E-state index contributed by atoms with van der Waals surface area (Å²) in [6.07, 6.45) is 27.5. The summed E-state index contributed by atoms with van der Waals surface area (Å²) in [6, 6.07) is 0. The van der Waals surface area contributed by atoms with Crippen molar-refractivity contribution in [3.05, 3.63) is 42.9 Å². The first-order valence-corrected chi connectivity index (χ1v) is 8.21. The van der Waals surface area contributed by atoms with Gasteiger partial charge in [0.05, 0.1) is 0 Å². The van der Waals surface area contributed by atoms with Crippen molar-refractivity contribution in [1.82, 2.24) is 0 Å². The molecule has 6 heteroatoms. The van der Waals surface area contributed by atoms with Crippen LogP contribution in [0.3, 0.4) is 0 Å². The molecule has 27 heavy (non-hydrogen) atoms. The largest absolute Gasteiger partial charge is 0.325 e. The van der Waals surface area contributed by atoms with Crippen LogP contribution < -0.4 is 0 Å². The van der Waals surface area contributed by atoms with E-state index in [2.05, 4.69) is 42.9 Å². The van der Waals surface area contributed by atoms with Crippen LogP contribution in [0.25, 0.3) is 0 Å². The summed E-state index contributed by atoms with van der Waals surface area (Å²) in [6.45, 7) is 10.0. The number of carbonyl (C=O) groups excluding carboxylic acids is 5. The molecule has 0 atom stereocenters. The Hall–Kier alpha value is -1.92. The summed E-state index contributed by atoms with van der Waals surface area (Å²) < 4.78 is 0. The first kappa shape index (κ1) is 39.9. The van der Waals surface area contributed by atoms with E-state index in [1.54, 1.807) is 0 Å². The molecule has 0 fully saturated rings. The third kappa shape index (κ3) is 59.2. The SMILES string of the molecule is C1=CCC/C=C\CC1.C1=C\CCCC[CH-]C/1.C=O.C=O.C=O.C=O.C=O.[Co]. The second-order valence-corrected chi connectivity index (χ2v) is 4.38. The molecule has 0 aromatic heterocycles. The number of rotatable bonds is 0. The molecule has 2 aliphatic rings. The number of hydrogen-bond acceptors (Lipinski definition) is 5. The molecule has 0 bridgehead atoms. The average Bonchev–Trinajstić information content (AvgIpc) is 2.69. The molecule has 0 aliphatic heterocycles. The zero-order valence-electron chi connectivity index (χ0n) is 16.3. The van der Waals surface area contributed by atoms with E-state index in [0.29, 0.717) is 0 Å². The monoisotopic (exact) mass is 426 g/mol. The maximum absolute atomic E-state index is 8.00. The standard InChI is InChI=1S/C8H13.C8H12.5CH2O.Co/c2*1-2-4-6-8-7-5-3-1;5*1-2;/h1-2,5H,3-4,6-8H2;1-2,7-8H,3-6H2;5*1H2;/q-1;;;;;;;/b2-1-;2-1-,8-7?;;;;;;. The van der Waals surface area contributed by atoms with Crippen LogP contribution in [-0.2, 0) is 40.8 Å². The van der Waals surface area contributed by atoms with Crippen molar-refractivity contribution < 1.29 is 40.8 Å². The van der Waals surface area contributed by atoms with E-state index < -0.39 is 0 Å². The molecular weight excluding hydrogens is 391 g/mol. The average molecular weight is 426 g/mol. The normalized spacial score (nSPS) is 15.6. The van der Waals surface area contributed by atoms with Crippen molar-refractivity contribution in [2.45, 2.75) is 57.8 Å². The molecule has 0 amide bonds. The molecule has 1 radical (unpaired) electrons. The summed E-state index contributed by atoms with van der Waals surface area (Å²) in [5, 5.41) is 0. The molecule has 0 aromatic rings. The fraction of sp³-hybridized carbons (Fsp3) is 0.429. The van der Waals surface area contributed by atoms with Crippen molar-refractivity contribution in [2.75, 3.05) is 0 Å². The zero-order chi connectivity index (χ0) is 21.3. The van der Waals surface area contributed by atoms with Crippen LogP contribution in [0.5, 0.6) is 0 Å². The Morgan fingerprint density at radius 1 is 0.481 bits per heavy atom. The zero-order valence-corrected chi connectivity index (χ0v) is 17.4. The molecule has 2 rings (SSSR count). The minimum absolute atomic E-state index is 0. The van der Waals surface area contributed by atoms with Gasteiger partial charge in [-0.1, -0.05) is 43.2 Å². The second-order valence-electron chi connectivity index (χ2n) is 4.38. The first-order valence-electron chi connectivity index (χ1n) is 8.21. The fourth-order valence-corrected chi connectivity index (χ4v) is 1.84. The van der Waals surface area contributed by atoms with Gasteiger partial charge >= 0.3 is 0 Å².